The van der Waals surface area contributed by atoms with Gasteiger partial charge in [-0.2, -0.15) is 0 Å². The summed E-state index contributed by atoms with van der Waals surface area (Å²) in [6.45, 7) is 15.3. The number of hydrogen-bond acceptors (Lipinski definition) is 1. The smallest absolute Gasteiger partial charge is 0.128 e. The van der Waals surface area contributed by atoms with Crippen molar-refractivity contribution in [3.05, 3.63) is 52.1 Å². The van der Waals surface area contributed by atoms with E-state index < -0.39 is 0 Å². The zero-order chi connectivity index (χ0) is 17.9. The van der Waals surface area contributed by atoms with E-state index in [0.29, 0.717) is 11.8 Å². The van der Waals surface area contributed by atoms with Crippen molar-refractivity contribution in [1.29, 1.82) is 5.41 Å². The normalized spacial score (nSPS) is 17.7. The molecule has 2 heteroatoms. The van der Waals surface area contributed by atoms with Gasteiger partial charge in [0, 0.05) is 24.6 Å². The molecule has 1 aliphatic rings. The van der Waals surface area contributed by atoms with Gasteiger partial charge < -0.3 is 4.90 Å². The summed E-state index contributed by atoms with van der Waals surface area (Å²) < 4.78 is 0. The molecule has 0 fully saturated rings. The molecule has 1 aromatic carbocycles. The van der Waals surface area contributed by atoms with Crippen LogP contribution in [-0.2, 0) is 0 Å². The highest BCUT2D eigenvalue weighted by Gasteiger charge is 2.27. The minimum atomic E-state index is 0.435. The third-order valence-electron chi connectivity index (χ3n) is 5.42. The summed E-state index contributed by atoms with van der Waals surface area (Å²) in [6, 6.07) is 8.48. The van der Waals surface area contributed by atoms with Crippen molar-refractivity contribution in [3.63, 3.8) is 0 Å². The second-order valence-corrected chi connectivity index (χ2v) is 6.95. The molecule has 24 heavy (non-hydrogen) atoms. The monoisotopic (exact) mass is 324 g/mol. The van der Waals surface area contributed by atoms with E-state index in [1.165, 1.54) is 27.9 Å². The van der Waals surface area contributed by atoms with Gasteiger partial charge in [-0.1, -0.05) is 50.6 Å². The highest BCUT2D eigenvalue weighted by Crippen LogP contribution is 2.43. The molecule has 0 aromatic heterocycles. The van der Waals surface area contributed by atoms with Gasteiger partial charge in [-0.15, -0.1) is 0 Å². The van der Waals surface area contributed by atoms with Gasteiger partial charge in [0.2, 0.25) is 0 Å². The van der Waals surface area contributed by atoms with Crippen LogP contribution in [0.1, 0.15) is 65.5 Å². The molecule has 0 heterocycles. The van der Waals surface area contributed by atoms with Crippen molar-refractivity contribution in [2.24, 2.45) is 5.92 Å². The van der Waals surface area contributed by atoms with Crippen LogP contribution in [0.3, 0.4) is 0 Å². The van der Waals surface area contributed by atoms with E-state index in [0.717, 1.165) is 31.5 Å². The van der Waals surface area contributed by atoms with Crippen molar-refractivity contribution >= 4 is 11.4 Å². The Morgan fingerprint density at radius 3 is 2.08 bits per heavy atom. The van der Waals surface area contributed by atoms with E-state index in [9.17, 15) is 0 Å². The number of nitrogens with zero attached hydrogens (tertiary/aromatic N) is 1. The highest BCUT2D eigenvalue weighted by atomic mass is 15.2. The fourth-order valence-corrected chi connectivity index (χ4v) is 3.77. The van der Waals surface area contributed by atoms with E-state index in [4.69, 9.17) is 5.41 Å². The van der Waals surface area contributed by atoms with Crippen molar-refractivity contribution < 1.29 is 0 Å². The third-order valence-corrected chi connectivity index (χ3v) is 5.42. The molecule has 0 spiro atoms. The standard InChI is InChI=1S/C22H32N2/c1-7-13-24(14-8-2)22(23)20-12-10-9-11-19(20)21-17(5)15(3)16(4)18(21)6/h9-12,17,23H,7-8,13-14H2,1-6H3. The van der Waals surface area contributed by atoms with Crippen LogP contribution >= 0.6 is 0 Å². The maximum absolute atomic E-state index is 8.82. The molecule has 0 saturated heterocycles. The summed E-state index contributed by atoms with van der Waals surface area (Å²) >= 11 is 0. The topological polar surface area (TPSA) is 27.1 Å². The van der Waals surface area contributed by atoms with Crippen LogP contribution in [0.4, 0.5) is 0 Å². The summed E-state index contributed by atoms with van der Waals surface area (Å²) in [4.78, 5) is 2.22. The Hall–Kier alpha value is -1.83. The first-order valence-corrected chi connectivity index (χ1v) is 9.25. The van der Waals surface area contributed by atoms with Crippen LogP contribution in [0.5, 0.6) is 0 Å². The summed E-state index contributed by atoms with van der Waals surface area (Å²) in [7, 11) is 0. The van der Waals surface area contributed by atoms with E-state index in [2.05, 4.69) is 70.7 Å². The second kappa shape index (κ2) is 7.83. The number of amidine groups is 1. The average molecular weight is 325 g/mol. The lowest BCUT2D eigenvalue weighted by molar-refractivity contribution is 0.415. The van der Waals surface area contributed by atoms with E-state index in [1.54, 1.807) is 0 Å². The fourth-order valence-electron chi connectivity index (χ4n) is 3.77. The largest absolute Gasteiger partial charge is 0.357 e. The maximum atomic E-state index is 8.82. The lowest BCUT2D eigenvalue weighted by Crippen LogP contribution is -2.33. The van der Waals surface area contributed by atoms with Gasteiger partial charge in [-0.3, -0.25) is 5.41 Å². The molecule has 0 bridgehead atoms. The zero-order valence-electron chi connectivity index (χ0n) is 16.2. The van der Waals surface area contributed by atoms with Crippen LogP contribution < -0.4 is 0 Å². The van der Waals surface area contributed by atoms with Gasteiger partial charge in [0.25, 0.3) is 0 Å². The summed E-state index contributed by atoms with van der Waals surface area (Å²) in [6.07, 6.45) is 2.14. The van der Waals surface area contributed by atoms with Gasteiger partial charge in [0.1, 0.15) is 5.84 Å². The quantitative estimate of drug-likeness (QED) is 0.512. The fraction of sp³-hybridized carbons (Fsp3) is 0.500. The molecule has 130 valence electrons. The van der Waals surface area contributed by atoms with Crippen molar-refractivity contribution in [2.45, 2.75) is 54.4 Å². The van der Waals surface area contributed by atoms with Gasteiger partial charge in [0.15, 0.2) is 0 Å². The molecular weight excluding hydrogens is 292 g/mol. The molecule has 1 aliphatic carbocycles. The minimum absolute atomic E-state index is 0.435. The molecular formula is C22H32N2. The molecule has 1 atom stereocenters. The first kappa shape index (κ1) is 18.5. The Kier molecular flexibility index (Phi) is 6.04. The lowest BCUT2D eigenvalue weighted by Gasteiger charge is -2.27. The molecule has 2 rings (SSSR count). The number of allylic oxidation sites excluding steroid dienone is 4. The van der Waals surface area contributed by atoms with Crippen LogP contribution in [0.25, 0.3) is 5.57 Å². The van der Waals surface area contributed by atoms with Crippen molar-refractivity contribution in [1.82, 2.24) is 4.90 Å². The van der Waals surface area contributed by atoms with E-state index in [-0.39, 0.29) is 0 Å². The Labute approximate surface area is 147 Å². The molecule has 0 saturated carbocycles. The predicted molar refractivity (Wildman–Crippen MR) is 106 cm³/mol. The Morgan fingerprint density at radius 2 is 1.58 bits per heavy atom. The summed E-state index contributed by atoms with van der Waals surface area (Å²) in [5.74, 6) is 1.11. The lowest BCUT2D eigenvalue weighted by atomic mass is 9.88. The second-order valence-electron chi connectivity index (χ2n) is 6.95. The minimum Gasteiger partial charge on any atom is -0.357 e. The Morgan fingerprint density at radius 1 is 1.00 bits per heavy atom. The SMILES string of the molecule is CCCN(CCC)C(=N)c1ccccc1C1=C(C)C(C)=C(C)C1C. The molecule has 1 N–H and O–H groups in total. The third kappa shape index (κ3) is 3.33. The average Bonchev–Trinajstić information content (AvgIpc) is 2.77. The summed E-state index contributed by atoms with van der Waals surface area (Å²) in [5.41, 5.74) is 7.97. The van der Waals surface area contributed by atoms with Crippen LogP contribution in [0, 0.1) is 11.3 Å². The first-order chi connectivity index (χ1) is 11.4. The van der Waals surface area contributed by atoms with Crippen LogP contribution in [-0.4, -0.2) is 23.8 Å². The van der Waals surface area contributed by atoms with E-state index in [1.807, 2.05) is 0 Å². The molecule has 0 amide bonds. The first-order valence-electron chi connectivity index (χ1n) is 9.25. The van der Waals surface area contributed by atoms with Crippen LogP contribution in [0.2, 0.25) is 0 Å². The molecule has 1 aromatic rings. The Bertz CT molecular complexity index is 673. The van der Waals surface area contributed by atoms with Crippen LogP contribution in [0.15, 0.2) is 41.0 Å². The highest BCUT2D eigenvalue weighted by molar-refractivity contribution is 6.02. The predicted octanol–water partition coefficient (Wildman–Crippen LogP) is 5.89. The van der Waals surface area contributed by atoms with Crippen molar-refractivity contribution in [3.8, 4) is 0 Å². The number of hydrogen-bond donors (Lipinski definition) is 1. The summed E-state index contributed by atoms with van der Waals surface area (Å²) in [5, 5.41) is 8.82. The number of nitrogens with one attached hydrogen (secondary N) is 1. The van der Waals surface area contributed by atoms with Gasteiger partial charge in [-0.05, 0) is 55.9 Å². The molecule has 0 aliphatic heterocycles. The Balaban J connectivity index is 2.48. The zero-order valence-corrected chi connectivity index (χ0v) is 16.2. The maximum Gasteiger partial charge on any atom is 0.128 e. The van der Waals surface area contributed by atoms with Crippen molar-refractivity contribution in [2.75, 3.05) is 13.1 Å². The van der Waals surface area contributed by atoms with E-state index >= 15 is 0 Å². The number of rotatable bonds is 6. The van der Waals surface area contributed by atoms with Gasteiger partial charge in [-0.25, -0.2) is 0 Å². The molecule has 2 nitrogen and oxygen atoms in total. The molecule has 0 radical (unpaired) electrons. The number of benzene rings is 1. The molecule has 1 unspecified atom stereocenters. The van der Waals surface area contributed by atoms with Gasteiger partial charge >= 0.3 is 0 Å². The van der Waals surface area contributed by atoms with Gasteiger partial charge in [0.05, 0.1) is 0 Å².